The highest BCUT2D eigenvalue weighted by atomic mass is 35.5. The molecule has 0 unspecified atom stereocenters. The Kier molecular flexibility index (Phi) is 7.98. The predicted molar refractivity (Wildman–Crippen MR) is 91.8 cm³/mol. The summed E-state index contributed by atoms with van der Waals surface area (Å²) in [6, 6.07) is 2.39. The van der Waals surface area contributed by atoms with E-state index >= 15 is 0 Å². The zero-order chi connectivity index (χ0) is 19.9. The van der Waals surface area contributed by atoms with E-state index in [0.717, 1.165) is 18.2 Å². The summed E-state index contributed by atoms with van der Waals surface area (Å²) in [6.07, 6.45) is 0.362. The molecule has 0 aromatic heterocycles. The third kappa shape index (κ3) is 6.32. The molecule has 0 spiro atoms. The molecular formula is C16H19ClN2O7. The quantitative estimate of drug-likeness (QED) is 0.412. The Morgan fingerprint density at radius 2 is 1.96 bits per heavy atom. The first-order valence-electron chi connectivity index (χ1n) is 7.64. The number of methoxy groups -OCH3 is 1. The molecule has 26 heavy (non-hydrogen) atoms. The molecule has 0 saturated carbocycles. The Morgan fingerprint density at radius 1 is 1.31 bits per heavy atom. The van der Waals surface area contributed by atoms with Gasteiger partial charge in [0.25, 0.3) is 11.6 Å². The standard InChI is InChI=1S/C16H19ClN2O7/c1-9(2)6-13(16(22)25-3)18-14(20)8-26-15(21)11-5-4-10(19(23)24)7-12(11)17/h4-5,7,9,13H,6,8H2,1-3H3,(H,18,20)/t13-/m0/s1. The Labute approximate surface area is 154 Å². The van der Waals surface area contributed by atoms with E-state index in [1.54, 1.807) is 0 Å². The van der Waals surface area contributed by atoms with E-state index in [1.165, 1.54) is 7.11 Å². The molecule has 9 nitrogen and oxygen atoms in total. The van der Waals surface area contributed by atoms with E-state index in [1.807, 2.05) is 13.8 Å². The number of nitrogens with zero attached hydrogens (tertiary/aromatic N) is 1. The molecule has 1 atom stereocenters. The van der Waals surface area contributed by atoms with Gasteiger partial charge in [-0.25, -0.2) is 9.59 Å². The highest BCUT2D eigenvalue weighted by Gasteiger charge is 2.23. The number of carbonyl (C=O) groups is 3. The number of amides is 1. The van der Waals surface area contributed by atoms with Crippen molar-refractivity contribution < 1.29 is 28.8 Å². The van der Waals surface area contributed by atoms with Crippen LogP contribution >= 0.6 is 11.6 Å². The van der Waals surface area contributed by atoms with E-state index in [4.69, 9.17) is 16.3 Å². The van der Waals surface area contributed by atoms with Crippen molar-refractivity contribution in [2.24, 2.45) is 5.92 Å². The van der Waals surface area contributed by atoms with Gasteiger partial charge in [-0.1, -0.05) is 25.4 Å². The van der Waals surface area contributed by atoms with Crippen molar-refractivity contribution in [2.75, 3.05) is 13.7 Å². The lowest BCUT2D eigenvalue weighted by Crippen LogP contribution is -2.44. The normalized spacial score (nSPS) is 11.6. The molecular weight excluding hydrogens is 368 g/mol. The number of benzene rings is 1. The van der Waals surface area contributed by atoms with E-state index in [2.05, 4.69) is 10.1 Å². The number of esters is 2. The van der Waals surface area contributed by atoms with E-state index in [-0.39, 0.29) is 22.2 Å². The molecule has 0 aliphatic carbocycles. The molecule has 1 amide bonds. The first-order chi connectivity index (χ1) is 12.1. The van der Waals surface area contributed by atoms with Crippen LogP contribution in [0.15, 0.2) is 18.2 Å². The van der Waals surface area contributed by atoms with E-state index in [9.17, 15) is 24.5 Å². The van der Waals surface area contributed by atoms with Crippen LogP contribution in [0, 0.1) is 16.0 Å². The number of halogens is 1. The van der Waals surface area contributed by atoms with Crippen molar-refractivity contribution in [1.29, 1.82) is 0 Å². The largest absolute Gasteiger partial charge is 0.467 e. The second kappa shape index (κ2) is 9.71. The number of hydrogen-bond donors (Lipinski definition) is 1. The SMILES string of the molecule is COC(=O)[C@H](CC(C)C)NC(=O)COC(=O)c1ccc([N+](=O)[O-])cc1Cl. The van der Waals surface area contributed by atoms with Crippen molar-refractivity contribution >= 4 is 35.1 Å². The van der Waals surface area contributed by atoms with Crippen molar-refractivity contribution in [2.45, 2.75) is 26.3 Å². The molecule has 1 rings (SSSR count). The maximum absolute atomic E-state index is 12.0. The number of nitro groups is 1. The van der Waals surface area contributed by atoms with Crippen LogP contribution in [0.3, 0.4) is 0 Å². The lowest BCUT2D eigenvalue weighted by atomic mass is 10.0. The Morgan fingerprint density at radius 3 is 2.46 bits per heavy atom. The van der Waals surface area contributed by atoms with Gasteiger partial charge < -0.3 is 14.8 Å². The van der Waals surface area contributed by atoms with Gasteiger partial charge in [0, 0.05) is 12.1 Å². The van der Waals surface area contributed by atoms with Gasteiger partial charge in [0.1, 0.15) is 6.04 Å². The van der Waals surface area contributed by atoms with Gasteiger partial charge in [-0.2, -0.15) is 0 Å². The maximum atomic E-state index is 12.0. The molecule has 0 aliphatic heterocycles. The second-order valence-corrected chi connectivity index (χ2v) is 6.18. The van der Waals surface area contributed by atoms with Gasteiger partial charge in [0.05, 0.1) is 22.6 Å². The van der Waals surface area contributed by atoms with Gasteiger partial charge in [-0.3, -0.25) is 14.9 Å². The molecule has 1 N–H and O–H groups in total. The summed E-state index contributed by atoms with van der Waals surface area (Å²) in [5.74, 6) is -2.08. The van der Waals surface area contributed by atoms with E-state index in [0.29, 0.717) is 6.42 Å². The summed E-state index contributed by atoms with van der Waals surface area (Å²) in [4.78, 5) is 45.5. The van der Waals surface area contributed by atoms with Gasteiger partial charge >= 0.3 is 11.9 Å². The fourth-order valence-electron chi connectivity index (χ4n) is 2.06. The number of nitro benzene ring substituents is 1. The van der Waals surface area contributed by atoms with Gasteiger partial charge in [0.2, 0.25) is 0 Å². The predicted octanol–water partition coefficient (Wildman–Crippen LogP) is 2.11. The van der Waals surface area contributed by atoms with Gasteiger partial charge in [-0.05, 0) is 18.4 Å². The van der Waals surface area contributed by atoms with Crippen molar-refractivity contribution in [3.05, 3.63) is 38.9 Å². The minimum Gasteiger partial charge on any atom is -0.467 e. The monoisotopic (exact) mass is 386 g/mol. The number of ether oxygens (including phenoxy) is 2. The van der Waals surface area contributed by atoms with Crippen molar-refractivity contribution in [3.63, 3.8) is 0 Å². The number of nitrogens with one attached hydrogen (secondary N) is 1. The van der Waals surface area contributed by atoms with Gasteiger partial charge in [0.15, 0.2) is 6.61 Å². The molecule has 10 heteroatoms. The van der Waals surface area contributed by atoms with Crippen LogP contribution in [0.4, 0.5) is 5.69 Å². The maximum Gasteiger partial charge on any atom is 0.340 e. The second-order valence-electron chi connectivity index (χ2n) is 5.77. The van der Waals surface area contributed by atoms with Crippen LogP contribution < -0.4 is 5.32 Å². The first kappa shape index (κ1) is 21.4. The molecule has 1 aromatic rings. The lowest BCUT2D eigenvalue weighted by molar-refractivity contribution is -0.384. The van der Waals surface area contributed by atoms with Gasteiger partial charge in [-0.15, -0.1) is 0 Å². The molecule has 1 aromatic carbocycles. The van der Waals surface area contributed by atoms with Crippen LogP contribution in [0.5, 0.6) is 0 Å². The third-order valence-corrected chi connectivity index (χ3v) is 3.56. The van der Waals surface area contributed by atoms with Crippen LogP contribution in [0.25, 0.3) is 0 Å². The summed E-state index contributed by atoms with van der Waals surface area (Å²) in [7, 11) is 1.21. The molecule has 0 heterocycles. The minimum absolute atomic E-state index is 0.114. The fourth-order valence-corrected chi connectivity index (χ4v) is 2.31. The molecule has 0 radical (unpaired) electrons. The first-order valence-corrected chi connectivity index (χ1v) is 8.01. The van der Waals surface area contributed by atoms with Crippen LogP contribution in [-0.2, 0) is 19.1 Å². The summed E-state index contributed by atoms with van der Waals surface area (Å²) in [5.41, 5.74) is -0.393. The molecule has 142 valence electrons. The van der Waals surface area contributed by atoms with E-state index < -0.39 is 35.4 Å². The molecule has 0 aliphatic rings. The topological polar surface area (TPSA) is 125 Å². The number of rotatable bonds is 8. The summed E-state index contributed by atoms with van der Waals surface area (Å²) in [6.45, 7) is 3.11. The summed E-state index contributed by atoms with van der Waals surface area (Å²) < 4.78 is 9.45. The fraction of sp³-hybridized carbons (Fsp3) is 0.438. The minimum atomic E-state index is -0.918. The zero-order valence-electron chi connectivity index (χ0n) is 14.5. The lowest BCUT2D eigenvalue weighted by Gasteiger charge is -2.18. The van der Waals surface area contributed by atoms with Crippen molar-refractivity contribution in [1.82, 2.24) is 5.32 Å². The highest BCUT2D eigenvalue weighted by molar-refractivity contribution is 6.33. The summed E-state index contributed by atoms with van der Waals surface area (Å²) in [5, 5.41) is 12.9. The number of hydrogen-bond acceptors (Lipinski definition) is 7. The van der Waals surface area contributed by atoms with Crippen LogP contribution in [0.2, 0.25) is 5.02 Å². The molecule has 0 bridgehead atoms. The molecule has 0 saturated heterocycles. The Hall–Kier alpha value is -2.68. The molecule has 0 fully saturated rings. The van der Waals surface area contributed by atoms with Crippen LogP contribution in [-0.4, -0.2) is 42.5 Å². The average molecular weight is 387 g/mol. The highest BCUT2D eigenvalue weighted by Crippen LogP contribution is 2.23. The average Bonchev–Trinajstić information content (AvgIpc) is 2.57. The number of non-ortho nitro benzene ring substituents is 1. The summed E-state index contributed by atoms with van der Waals surface area (Å²) >= 11 is 5.82. The Balaban J connectivity index is 2.67. The smallest absolute Gasteiger partial charge is 0.340 e. The zero-order valence-corrected chi connectivity index (χ0v) is 15.2. The Bertz CT molecular complexity index is 706. The van der Waals surface area contributed by atoms with Crippen LogP contribution in [0.1, 0.15) is 30.6 Å². The third-order valence-electron chi connectivity index (χ3n) is 3.25. The number of carbonyl (C=O) groups excluding carboxylic acids is 3. The van der Waals surface area contributed by atoms with Crippen molar-refractivity contribution in [3.8, 4) is 0 Å².